The van der Waals surface area contributed by atoms with Gasteiger partial charge in [-0.05, 0) is 36.4 Å². The lowest BCUT2D eigenvalue weighted by Crippen LogP contribution is -2.32. The molecule has 0 unspecified atom stereocenters. The number of carbonyl (C=O) groups is 1. The van der Waals surface area contributed by atoms with Gasteiger partial charge in [-0.25, -0.2) is 0 Å². The fourth-order valence-corrected chi connectivity index (χ4v) is 4.72. The Hall–Kier alpha value is -4.21. The first-order chi connectivity index (χ1) is 19.2. The van der Waals surface area contributed by atoms with Gasteiger partial charge in [0.1, 0.15) is 30.5 Å². The fraction of sp³-hybridized carbons (Fsp3) is 0.300. The van der Waals surface area contributed by atoms with Crippen molar-refractivity contribution in [3.8, 4) is 28.7 Å². The lowest BCUT2D eigenvalue weighted by atomic mass is 10.0. The number of anilines is 1. The Morgan fingerprint density at radius 2 is 1.56 bits per heavy atom. The van der Waals surface area contributed by atoms with E-state index in [1.165, 1.54) is 0 Å². The smallest absolute Gasteiger partial charge is 0.231 e. The summed E-state index contributed by atoms with van der Waals surface area (Å²) in [6.07, 6.45) is 1.72. The Labute approximate surface area is 226 Å². The van der Waals surface area contributed by atoms with Crippen LogP contribution in [0.25, 0.3) is 6.08 Å². The lowest BCUT2D eigenvalue weighted by molar-refractivity contribution is -0.0334. The van der Waals surface area contributed by atoms with Crippen molar-refractivity contribution in [1.29, 1.82) is 0 Å². The maximum absolute atomic E-state index is 13.1. The highest BCUT2D eigenvalue weighted by molar-refractivity contribution is 6.15. The topological polar surface area (TPSA) is 84.9 Å². The van der Waals surface area contributed by atoms with E-state index in [0.29, 0.717) is 49.3 Å². The minimum Gasteiger partial charge on any atom is -0.496 e. The largest absolute Gasteiger partial charge is 0.496 e. The number of allylic oxidation sites excluding steroid dienone is 1. The van der Waals surface area contributed by atoms with Crippen LogP contribution in [0.15, 0.2) is 60.4 Å². The van der Waals surface area contributed by atoms with Gasteiger partial charge in [-0.2, -0.15) is 0 Å². The third kappa shape index (κ3) is 5.23. The lowest BCUT2D eigenvalue weighted by Gasteiger charge is -2.32. The summed E-state index contributed by atoms with van der Waals surface area (Å²) in [7, 11) is 1.60. The Morgan fingerprint density at radius 1 is 0.821 bits per heavy atom. The first kappa shape index (κ1) is 25.1. The number of Topliss-reactive ketones (excluding diaryl/α,β-unsaturated/α-hetero) is 1. The molecule has 0 aliphatic carbocycles. The first-order valence-corrected chi connectivity index (χ1v) is 12.9. The number of nitrogens with zero attached hydrogens (tertiary/aromatic N) is 1. The Kier molecular flexibility index (Phi) is 7.25. The quantitative estimate of drug-likeness (QED) is 0.455. The van der Waals surface area contributed by atoms with Crippen LogP contribution in [0.1, 0.15) is 21.5 Å². The standard InChI is InChI=1S/C26H21NO6.C4H8O2/c1-29-20-5-3-2-4-16(20)12-24-25(28)18-7-9-21-19(26(18)33-24)14-27(15-32-21)17-6-8-22-23(13-17)31-11-10-30-22;1-2-6-4-3-5-1/h2-9,12-13H,10-11,14-15H2,1H3;1-4H2/b24-12-;. The minimum absolute atomic E-state index is 0.157. The molecule has 39 heavy (non-hydrogen) atoms. The van der Waals surface area contributed by atoms with E-state index in [1.54, 1.807) is 19.3 Å². The Bertz CT molecular complexity index is 1390. The molecule has 1 saturated heterocycles. The first-order valence-electron chi connectivity index (χ1n) is 12.9. The monoisotopic (exact) mass is 531 g/mol. The van der Waals surface area contributed by atoms with Crippen molar-refractivity contribution in [2.75, 3.05) is 58.4 Å². The second-order valence-electron chi connectivity index (χ2n) is 9.12. The number of ether oxygens (including phenoxy) is 7. The molecule has 0 atom stereocenters. The molecule has 1 fully saturated rings. The van der Waals surface area contributed by atoms with Crippen molar-refractivity contribution in [1.82, 2.24) is 0 Å². The van der Waals surface area contributed by atoms with Gasteiger partial charge in [-0.3, -0.25) is 4.79 Å². The molecule has 202 valence electrons. The maximum atomic E-state index is 13.1. The van der Waals surface area contributed by atoms with Crippen LogP contribution in [0, 0.1) is 0 Å². The summed E-state index contributed by atoms with van der Waals surface area (Å²) >= 11 is 0. The van der Waals surface area contributed by atoms with Gasteiger partial charge < -0.3 is 38.1 Å². The van der Waals surface area contributed by atoms with E-state index >= 15 is 0 Å². The van der Waals surface area contributed by atoms with Crippen LogP contribution in [0.5, 0.6) is 28.7 Å². The normalized spacial score (nSPS) is 18.2. The molecule has 0 radical (unpaired) electrons. The number of hydrogen-bond acceptors (Lipinski definition) is 9. The number of carbonyl (C=O) groups excluding carboxylic acids is 1. The average molecular weight is 532 g/mol. The number of rotatable bonds is 3. The molecule has 9 nitrogen and oxygen atoms in total. The van der Waals surface area contributed by atoms with E-state index < -0.39 is 0 Å². The van der Waals surface area contributed by atoms with Gasteiger partial charge in [0.05, 0.1) is 51.2 Å². The van der Waals surface area contributed by atoms with Gasteiger partial charge in [0.25, 0.3) is 0 Å². The molecule has 0 amide bonds. The molecule has 3 aromatic carbocycles. The summed E-state index contributed by atoms with van der Waals surface area (Å²) in [6.45, 7) is 5.10. The SMILES string of the molecule is C1COCCO1.COc1ccccc1/C=C1\Oc2c(ccc3c2CN(c2ccc4c(c2)OCCO4)CO3)C1=O. The zero-order valence-corrected chi connectivity index (χ0v) is 21.6. The van der Waals surface area contributed by atoms with E-state index in [9.17, 15) is 4.79 Å². The van der Waals surface area contributed by atoms with Crippen molar-refractivity contribution in [3.63, 3.8) is 0 Å². The van der Waals surface area contributed by atoms with Gasteiger partial charge in [0.15, 0.2) is 24.0 Å². The Balaban J connectivity index is 0.000000410. The van der Waals surface area contributed by atoms with E-state index in [-0.39, 0.29) is 11.5 Å². The number of methoxy groups -OCH3 is 1. The van der Waals surface area contributed by atoms with Crippen LogP contribution in [0.2, 0.25) is 0 Å². The van der Waals surface area contributed by atoms with Gasteiger partial charge in [0.2, 0.25) is 5.78 Å². The molecule has 0 saturated carbocycles. The van der Waals surface area contributed by atoms with E-state index in [4.69, 9.17) is 33.2 Å². The predicted octanol–water partition coefficient (Wildman–Crippen LogP) is 4.47. The zero-order valence-electron chi connectivity index (χ0n) is 21.6. The predicted molar refractivity (Wildman–Crippen MR) is 143 cm³/mol. The summed E-state index contributed by atoms with van der Waals surface area (Å²) in [5.74, 6) is 3.50. The molecule has 0 N–H and O–H groups in total. The number of hydrogen-bond donors (Lipinski definition) is 0. The number of benzene rings is 3. The van der Waals surface area contributed by atoms with Crippen LogP contribution in [-0.4, -0.2) is 59.3 Å². The summed E-state index contributed by atoms with van der Waals surface area (Å²) in [5, 5.41) is 0. The van der Waals surface area contributed by atoms with Gasteiger partial charge in [0, 0.05) is 17.3 Å². The summed E-state index contributed by atoms with van der Waals surface area (Å²) in [6, 6.07) is 16.9. The highest BCUT2D eigenvalue weighted by Gasteiger charge is 2.34. The third-order valence-corrected chi connectivity index (χ3v) is 6.68. The van der Waals surface area contributed by atoms with Crippen molar-refractivity contribution in [2.24, 2.45) is 0 Å². The molecule has 4 aliphatic rings. The van der Waals surface area contributed by atoms with Gasteiger partial charge in [-0.15, -0.1) is 0 Å². The maximum Gasteiger partial charge on any atom is 0.231 e. The fourth-order valence-electron chi connectivity index (χ4n) is 4.72. The molecular weight excluding hydrogens is 502 g/mol. The number of ketones is 1. The number of fused-ring (bicyclic) bond motifs is 4. The highest BCUT2D eigenvalue weighted by Crippen LogP contribution is 2.44. The van der Waals surface area contributed by atoms with Crippen LogP contribution < -0.4 is 28.6 Å². The number of para-hydroxylation sites is 1. The van der Waals surface area contributed by atoms with E-state index in [2.05, 4.69) is 4.90 Å². The average Bonchev–Trinajstić information content (AvgIpc) is 3.33. The zero-order chi connectivity index (χ0) is 26.6. The molecule has 0 aromatic heterocycles. The molecular formula is C30H29NO8. The molecule has 4 heterocycles. The van der Waals surface area contributed by atoms with E-state index in [1.807, 2.05) is 48.5 Å². The van der Waals surface area contributed by atoms with Crippen LogP contribution in [-0.2, 0) is 16.0 Å². The van der Waals surface area contributed by atoms with Crippen LogP contribution >= 0.6 is 0 Å². The van der Waals surface area contributed by atoms with E-state index in [0.717, 1.165) is 54.7 Å². The summed E-state index contributed by atoms with van der Waals surface area (Å²) in [4.78, 5) is 15.1. The van der Waals surface area contributed by atoms with Crippen molar-refractivity contribution in [3.05, 3.63) is 77.0 Å². The van der Waals surface area contributed by atoms with Gasteiger partial charge in [-0.1, -0.05) is 18.2 Å². The third-order valence-electron chi connectivity index (χ3n) is 6.68. The van der Waals surface area contributed by atoms with Gasteiger partial charge >= 0.3 is 0 Å². The molecule has 0 bridgehead atoms. The molecule has 3 aromatic rings. The van der Waals surface area contributed by atoms with Crippen molar-refractivity contribution in [2.45, 2.75) is 6.54 Å². The Morgan fingerprint density at radius 3 is 2.33 bits per heavy atom. The minimum atomic E-state index is -0.157. The van der Waals surface area contributed by atoms with Crippen molar-refractivity contribution < 1.29 is 38.0 Å². The highest BCUT2D eigenvalue weighted by atomic mass is 16.6. The molecule has 7 rings (SSSR count). The second kappa shape index (κ2) is 11.3. The second-order valence-corrected chi connectivity index (χ2v) is 9.12. The van der Waals surface area contributed by atoms with Crippen LogP contribution in [0.3, 0.4) is 0 Å². The molecule has 9 heteroatoms. The molecule has 4 aliphatic heterocycles. The van der Waals surface area contributed by atoms with Crippen LogP contribution in [0.4, 0.5) is 5.69 Å². The molecule has 0 spiro atoms. The summed E-state index contributed by atoms with van der Waals surface area (Å²) in [5.41, 5.74) is 3.09. The van der Waals surface area contributed by atoms with Crippen molar-refractivity contribution >= 4 is 17.5 Å². The summed E-state index contributed by atoms with van der Waals surface area (Å²) < 4.78 is 38.7.